The lowest BCUT2D eigenvalue weighted by Gasteiger charge is -2.15. The molecule has 7 heteroatoms. The minimum absolute atomic E-state index is 0.264. The highest BCUT2D eigenvalue weighted by Crippen LogP contribution is 2.23. The summed E-state index contributed by atoms with van der Waals surface area (Å²) >= 11 is 0. The molecule has 0 bridgehead atoms. The zero-order valence-electron chi connectivity index (χ0n) is 15.9. The van der Waals surface area contributed by atoms with Gasteiger partial charge in [0.15, 0.2) is 6.10 Å². The van der Waals surface area contributed by atoms with Crippen LogP contribution in [0.15, 0.2) is 60.9 Å². The molecule has 1 amide bonds. The van der Waals surface area contributed by atoms with Crippen molar-refractivity contribution < 1.29 is 14.3 Å². The van der Waals surface area contributed by atoms with Gasteiger partial charge < -0.3 is 10.1 Å². The average Bonchev–Trinajstić information content (AvgIpc) is 2.73. The summed E-state index contributed by atoms with van der Waals surface area (Å²) < 4.78 is 5.39. The Bertz CT molecular complexity index is 1230. The highest BCUT2D eigenvalue weighted by Gasteiger charge is 2.21. The van der Waals surface area contributed by atoms with Gasteiger partial charge >= 0.3 is 5.97 Å². The second kappa shape index (κ2) is 7.63. The zero-order valence-corrected chi connectivity index (χ0v) is 15.9. The van der Waals surface area contributed by atoms with Gasteiger partial charge in [-0.25, -0.2) is 4.79 Å². The Hall–Kier alpha value is -3.87. The molecule has 0 spiro atoms. The van der Waals surface area contributed by atoms with Crippen LogP contribution < -0.4 is 5.32 Å². The number of para-hydroxylation sites is 2. The van der Waals surface area contributed by atoms with Crippen LogP contribution in [-0.2, 0) is 9.53 Å². The van der Waals surface area contributed by atoms with Crippen LogP contribution in [0.2, 0.25) is 0 Å². The second-order valence-electron chi connectivity index (χ2n) is 6.59. The number of nitrogens with one attached hydrogen (secondary N) is 1. The summed E-state index contributed by atoms with van der Waals surface area (Å²) in [7, 11) is 0. The van der Waals surface area contributed by atoms with Crippen molar-refractivity contribution in [2.75, 3.05) is 5.32 Å². The maximum atomic E-state index is 12.7. The maximum Gasteiger partial charge on any atom is 0.341 e. The molecule has 1 unspecified atom stereocenters. The first-order valence-electron chi connectivity index (χ1n) is 9.11. The highest BCUT2D eigenvalue weighted by atomic mass is 16.5. The predicted molar refractivity (Wildman–Crippen MR) is 110 cm³/mol. The molecule has 2 aromatic heterocycles. The molecule has 0 fully saturated rings. The largest absolute Gasteiger partial charge is 0.449 e. The van der Waals surface area contributed by atoms with Crippen molar-refractivity contribution in [3.05, 3.63) is 72.2 Å². The molecule has 0 radical (unpaired) electrons. The van der Waals surface area contributed by atoms with Crippen molar-refractivity contribution in [1.29, 1.82) is 0 Å². The Morgan fingerprint density at radius 3 is 2.62 bits per heavy atom. The van der Waals surface area contributed by atoms with Crippen LogP contribution in [-0.4, -0.2) is 32.9 Å². The third-order valence-corrected chi connectivity index (χ3v) is 4.47. The SMILES string of the molecule is Cc1cc(NC(=O)C(C)OC(=O)c2cccc3nccnc23)c2ccccc2n1. The number of ether oxygens (including phenoxy) is 1. The van der Waals surface area contributed by atoms with E-state index in [0.29, 0.717) is 16.7 Å². The second-order valence-corrected chi connectivity index (χ2v) is 6.59. The van der Waals surface area contributed by atoms with E-state index in [9.17, 15) is 9.59 Å². The fraction of sp³-hybridized carbons (Fsp3) is 0.136. The van der Waals surface area contributed by atoms with Gasteiger partial charge in [-0.3, -0.25) is 19.7 Å². The van der Waals surface area contributed by atoms with Crippen molar-refractivity contribution in [2.24, 2.45) is 0 Å². The van der Waals surface area contributed by atoms with Gasteiger partial charge in [0.2, 0.25) is 0 Å². The minimum atomic E-state index is -0.998. The molecule has 0 aliphatic carbocycles. The monoisotopic (exact) mass is 386 g/mol. The lowest BCUT2D eigenvalue weighted by molar-refractivity contribution is -0.123. The first kappa shape index (κ1) is 18.5. The summed E-state index contributed by atoms with van der Waals surface area (Å²) in [5, 5.41) is 3.65. The molecule has 0 saturated heterocycles. The average molecular weight is 386 g/mol. The normalized spacial score (nSPS) is 11.9. The lowest BCUT2D eigenvalue weighted by Crippen LogP contribution is -2.30. The van der Waals surface area contributed by atoms with Crippen molar-refractivity contribution in [3.8, 4) is 0 Å². The third-order valence-electron chi connectivity index (χ3n) is 4.47. The molecule has 7 nitrogen and oxygen atoms in total. The van der Waals surface area contributed by atoms with Crippen LogP contribution in [0.1, 0.15) is 23.0 Å². The van der Waals surface area contributed by atoms with E-state index in [1.807, 2.05) is 31.2 Å². The van der Waals surface area contributed by atoms with Crippen LogP contribution in [0, 0.1) is 6.92 Å². The number of pyridine rings is 1. The molecule has 0 saturated carbocycles. The smallest absolute Gasteiger partial charge is 0.341 e. The summed E-state index contributed by atoms with van der Waals surface area (Å²) in [6, 6.07) is 14.4. The first-order valence-corrected chi connectivity index (χ1v) is 9.11. The van der Waals surface area contributed by atoms with E-state index < -0.39 is 18.0 Å². The maximum absolute atomic E-state index is 12.7. The van der Waals surface area contributed by atoms with E-state index in [4.69, 9.17) is 4.74 Å². The van der Waals surface area contributed by atoms with Crippen molar-refractivity contribution in [3.63, 3.8) is 0 Å². The molecule has 1 N–H and O–H groups in total. The van der Waals surface area contributed by atoms with Crippen LogP contribution in [0.3, 0.4) is 0 Å². The van der Waals surface area contributed by atoms with Gasteiger partial charge in [-0.15, -0.1) is 0 Å². The molecule has 0 aliphatic rings. The van der Waals surface area contributed by atoms with Gasteiger partial charge in [0.25, 0.3) is 5.91 Å². The van der Waals surface area contributed by atoms with Crippen molar-refractivity contribution in [1.82, 2.24) is 15.0 Å². The quantitative estimate of drug-likeness (QED) is 0.538. The fourth-order valence-corrected chi connectivity index (χ4v) is 3.08. The highest BCUT2D eigenvalue weighted by molar-refractivity contribution is 6.05. The Labute approximate surface area is 166 Å². The number of hydrogen-bond acceptors (Lipinski definition) is 6. The number of nitrogens with zero attached hydrogens (tertiary/aromatic N) is 3. The van der Waals surface area contributed by atoms with Gasteiger partial charge in [-0.2, -0.15) is 0 Å². The third kappa shape index (κ3) is 3.75. The number of esters is 1. The number of aromatic nitrogens is 3. The number of amides is 1. The summed E-state index contributed by atoms with van der Waals surface area (Å²) in [5.74, 6) is -1.06. The van der Waals surface area contributed by atoms with Crippen molar-refractivity contribution in [2.45, 2.75) is 20.0 Å². The Kier molecular flexibility index (Phi) is 4.87. The molecule has 2 aromatic carbocycles. The van der Waals surface area contributed by atoms with Gasteiger partial charge in [0.1, 0.15) is 5.52 Å². The Balaban J connectivity index is 1.54. The first-order chi connectivity index (χ1) is 14.0. The van der Waals surface area contributed by atoms with Gasteiger partial charge in [0, 0.05) is 23.5 Å². The van der Waals surface area contributed by atoms with Gasteiger partial charge in [-0.1, -0.05) is 24.3 Å². The molecule has 144 valence electrons. The molecule has 29 heavy (non-hydrogen) atoms. The van der Waals surface area contributed by atoms with E-state index in [1.165, 1.54) is 13.1 Å². The van der Waals surface area contributed by atoms with Crippen LogP contribution in [0.25, 0.3) is 21.9 Å². The summed E-state index contributed by atoms with van der Waals surface area (Å²) in [6.45, 7) is 3.38. The molecule has 4 aromatic rings. The van der Waals surface area contributed by atoms with Crippen molar-refractivity contribution >= 4 is 39.5 Å². The van der Waals surface area contributed by atoms with Crippen LogP contribution >= 0.6 is 0 Å². The Morgan fingerprint density at radius 2 is 1.76 bits per heavy atom. The number of benzene rings is 2. The number of fused-ring (bicyclic) bond motifs is 2. The Morgan fingerprint density at radius 1 is 1.00 bits per heavy atom. The molecule has 2 heterocycles. The zero-order chi connectivity index (χ0) is 20.4. The van der Waals surface area contributed by atoms with E-state index in [1.54, 1.807) is 30.5 Å². The number of carbonyl (C=O) groups excluding carboxylic acids is 2. The molecular formula is C22H18N4O3. The summed E-state index contributed by atoms with van der Waals surface area (Å²) in [4.78, 5) is 38.1. The lowest BCUT2D eigenvalue weighted by atomic mass is 10.1. The summed E-state index contributed by atoms with van der Waals surface area (Å²) in [6.07, 6.45) is 2.06. The van der Waals surface area contributed by atoms with Gasteiger partial charge in [-0.05, 0) is 38.1 Å². The van der Waals surface area contributed by atoms with Gasteiger partial charge in [0.05, 0.1) is 22.3 Å². The number of hydrogen-bond donors (Lipinski definition) is 1. The number of carbonyl (C=O) groups is 2. The minimum Gasteiger partial charge on any atom is -0.449 e. The van der Waals surface area contributed by atoms with E-state index >= 15 is 0 Å². The number of aryl methyl sites for hydroxylation is 1. The standard InChI is InChI=1S/C22H18N4O3/c1-13-12-19(15-6-3-4-8-17(15)25-13)26-21(27)14(2)29-22(28)16-7-5-9-18-20(16)24-11-10-23-18/h3-12,14H,1-2H3,(H,25,26,27). The predicted octanol–water partition coefficient (Wildman–Crippen LogP) is 3.67. The van der Waals surface area contributed by atoms with Crippen LogP contribution in [0.5, 0.6) is 0 Å². The molecule has 4 rings (SSSR count). The molecular weight excluding hydrogens is 368 g/mol. The number of rotatable bonds is 4. The topological polar surface area (TPSA) is 94.1 Å². The van der Waals surface area contributed by atoms with E-state index in [2.05, 4.69) is 20.3 Å². The number of anilines is 1. The van der Waals surface area contributed by atoms with E-state index in [0.717, 1.165) is 16.6 Å². The molecule has 0 aliphatic heterocycles. The summed E-state index contributed by atoms with van der Waals surface area (Å²) in [5.41, 5.74) is 3.46. The van der Waals surface area contributed by atoms with Crippen LogP contribution in [0.4, 0.5) is 5.69 Å². The van der Waals surface area contributed by atoms with E-state index in [-0.39, 0.29) is 5.56 Å². The molecule has 1 atom stereocenters. The fourth-order valence-electron chi connectivity index (χ4n) is 3.08.